The Labute approximate surface area is 222 Å². The van der Waals surface area contributed by atoms with Crippen molar-refractivity contribution in [3.63, 3.8) is 0 Å². The fourth-order valence-electron chi connectivity index (χ4n) is 5.16. The number of anilines is 1. The third kappa shape index (κ3) is 7.97. The Bertz CT molecular complexity index is 1100. The highest BCUT2D eigenvalue weighted by atomic mass is 35.5. The van der Waals surface area contributed by atoms with E-state index in [1.165, 1.54) is 18.2 Å². The lowest BCUT2D eigenvalue weighted by atomic mass is 9.77. The number of nitrogens with one attached hydrogen (secondary N) is 3. The Morgan fingerprint density at radius 2 is 1.89 bits per heavy atom. The lowest BCUT2D eigenvalue weighted by Crippen LogP contribution is -2.51. The van der Waals surface area contributed by atoms with Crippen LogP contribution in [0.3, 0.4) is 0 Å². The van der Waals surface area contributed by atoms with Crippen molar-refractivity contribution in [3.8, 4) is 0 Å². The van der Waals surface area contributed by atoms with Crippen LogP contribution in [0.4, 0.5) is 14.5 Å². The molecule has 0 spiro atoms. The molecule has 2 aromatic carbocycles. The van der Waals surface area contributed by atoms with Gasteiger partial charge in [0.2, 0.25) is 12.3 Å². The van der Waals surface area contributed by atoms with Gasteiger partial charge in [0.05, 0.1) is 16.5 Å². The third-order valence-electron chi connectivity index (χ3n) is 6.75. The van der Waals surface area contributed by atoms with Gasteiger partial charge < -0.3 is 21.1 Å². The van der Waals surface area contributed by atoms with E-state index < -0.39 is 23.2 Å². The summed E-state index contributed by atoms with van der Waals surface area (Å²) in [5, 5.41) is 18.0. The molecule has 37 heavy (non-hydrogen) atoms. The molecule has 3 atom stereocenters. The molecular weight excluding hydrogens is 500 g/mol. The Morgan fingerprint density at radius 1 is 1.22 bits per heavy atom. The van der Waals surface area contributed by atoms with E-state index in [0.717, 1.165) is 6.42 Å². The lowest BCUT2D eigenvalue weighted by molar-refractivity contribution is -0.120. The van der Waals surface area contributed by atoms with Crippen LogP contribution in [0, 0.1) is 23.0 Å². The first kappa shape index (κ1) is 29.0. The number of hydrogen-bond acceptors (Lipinski definition) is 4. The predicted molar refractivity (Wildman–Crippen MR) is 141 cm³/mol. The van der Waals surface area contributed by atoms with Crippen molar-refractivity contribution in [1.29, 1.82) is 0 Å². The standard InChI is InChI=1S/C22H25ClF2N2O.C6H11NO2/c1-22(2,3)11-18-19(21(28)27-14-7-4-6-13(24)10-14)16(12-26-18)15-8-5-9-17(23)20(15)25;1-6(9)2-5(3-6)7-4-8/h4-10,16,18-19,26H,11-12H2,1-3H3,(H,27,28);4-5,9H,2-3H2,1H3,(H,7,8). The van der Waals surface area contributed by atoms with Gasteiger partial charge in [-0.2, -0.15) is 0 Å². The number of carbonyl (C=O) groups is 2. The zero-order chi connectivity index (χ0) is 27.4. The van der Waals surface area contributed by atoms with Gasteiger partial charge in [-0.1, -0.05) is 50.6 Å². The van der Waals surface area contributed by atoms with E-state index in [9.17, 15) is 18.4 Å². The highest BCUT2D eigenvalue weighted by Crippen LogP contribution is 2.39. The molecule has 1 saturated carbocycles. The first-order chi connectivity index (χ1) is 17.3. The maximum absolute atomic E-state index is 14.7. The number of benzene rings is 2. The molecule has 4 rings (SSSR count). The number of aliphatic hydroxyl groups is 1. The SMILES string of the molecule is CC(C)(C)CC1NCC(c2cccc(Cl)c2F)C1C(=O)Nc1cccc(F)c1.CC1(O)CC(NC=O)C1. The largest absolute Gasteiger partial charge is 0.390 e. The van der Waals surface area contributed by atoms with Crippen molar-refractivity contribution in [2.24, 2.45) is 11.3 Å². The van der Waals surface area contributed by atoms with E-state index in [1.54, 1.807) is 31.2 Å². The van der Waals surface area contributed by atoms with Crippen LogP contribution >= 0.6 is 11.6 Å². The molecular formula is C28H36ClF2N3O3. The third-order valence-corrected chi connectivity index (χ3v) is 7.04. The molecule has 2 aliphatic rings. The van der Waals surface area contributed by atoms with Crippen molar-refractivity contribution < 1.29 is 23.5 Å². The zero-order valence-electron chi connectivity index (χ0n) is 21.7. The van der Waals surface area contributed by atoms with Crippen LogP contribution in [-0.4, -0.2) is 41.7 Å². The number of halogens is 3. The molecule has 2 aromatic rings. The molecule has 3 unspecified atom stereocenters. The summed E-state index contributed by atoms with van der Waals surface area (Å²) in [4.78, 5) is 23.0. The van der Waals surface area contributed by atoms with Crippen LogP contribution < -0.4 is 16.0 Å². The monoisotopic (exact) mass is 535 g/mol. The summed E-state index contributed by atoms with van der Waals surface area (Å²) in [7, 11) is 0. The Morgan fingerprint density at radius 3 is 2.49 bits per heavy atom. The van der Waals surface area contributed by atoms with E-state index in [0.29, 0.717) is 37.0 Å². The topological polar surface area (TPSA) is 90.5 Å². The second-order valence-electron chi connectivity index (χ2n) is 11.4. The van der Waals surface area contributed by atoms with Gasteiger partial charge >= 0.3 is 0 Å². The predicted octanol–water partition coefficient (Wildman–Crippen LogP) is 5.01. The Kier molecular flexibility index (Phi) is 9.32. The molecule has 6 nitrogen and oxygen atoms in total. The fourth-order valence-corrected chi connectivity index (χ4v) is 5.34. The molecule has 2 amide bonds. The molecule has 2 fully saturated rings. The second kappa shape index (κ2) is 11.9. The van der Waals surface area contributed by atoms with Gasteiger partial charge in [0.25, 0.3) is 0 Å². The molecule has 1 aliphatic carbocycles. The molecule has 1 aliphatic heterocycles. The average molecular weight is 536 g/mol. The normalized spacial score (nSPS) is 26.9. The van der Waals surface area contributed by atoms with Crippen molar-refractivity contribution in [2.45, 2.75) is 70.6 Å². The fraction of sp³-hybridized carbons (Fsp3) is 0.500. The number of carbonyl (C=O) groups excluding carboxylic acids is 2. The van der Waals surface area contributed by atoms with Gasteiger partial charge in [-0.15, -0.1) is 0 Å². The maximum atomic E-state index is 14.7. The lowest BCUT2D eigenvalue weighted by Gasteiger charge is -2.40. The van der Waals surface area contributed by atoms with Gasteiger partial charge in [-0.05, 0) is 61.4 Å². The van der Waals surface area contributed by atoms with Gasteiger partial charge in [-0.25, -0.2) is 8.78 Å². The maximum Gasteiger partial charge on any atom is 0.229 e. The van der Waals surface area contributed by atoms with Crippen LogP contribution in [0.1, 0.15) is 58.4 Å². The number of rotatable bonds is 6. The van der Waals surface area contributed by atoms with E-state index in [1.807, 2.05) is 0 Å². The highest BCUT2D eigenvalue weighted by Gasteiger charge is 2.44. The minimum absolute atomic E-state index is 0.0170. The molecule has 9 heteroatoms. The van der Waals surface area contributed by atoms with Crippen LogP contribution in [0.25, 0.3) is 0 Å². The minimum Gasteiger partial charge on any atom is -0.390 e. The molecule has 0 bridgehead atoms. The second-order valence-corrected chi connectivity index (χ2v) is 11.8. The quantitative estimate of drug-likeness (QED) is 0.391. The minimum atomic E-state index is -0.527. The summed E-state index contributed by atoms with van der Waals surface area (Å²) >= 11 is 5.97. The first-order valence-electron chi connectivity index (χ1n) is 12.5. The van der Waals surface area contributed by atoms with Crippen LogP contribution in [0.15, 0.2) is 42.5 Å². The average Bonchev–Trinajstić information content (AvgIpc) is 3.17. The molecule has 0 aromatic heterocycles. The van der Waals surface area contributed by atoms with E-state index in [4.69, 9.17) is 16.7 Å². The van der Waals surface area contributed by atoms with Crippen LogP contribution in [0.5, 0.6) is 0 Å². The molecule has 202 valence electrons. The Hall–Kier alpha value is -2.55. The Balaban J connectivity index is 0.000000356. The zero-order valence-corrected chi connectivity index (χ0v) is 22.4. The van der Waals surface area contributed by atoms with E-state index in [2.05, 4.69) is 36.7 Å². The van der Waals surface area contributed by atoms with Crippen molar-refractivity contribution in [3.05, 3.63) is 64.7 Å². The van der Waals surface area contributed by atoms with Crippen molar-refractivity contribution in [2.75, 3.05) is 11.9 Å². The summed E-state index contributed by atoms with van der Waals surface area (Å²) < 4.78 is 28.2. The van der Waals surface area contributed by atoms with Crippen molar-refractivity contribution >= 4 is 29.6 Å². The van der Waals surface area contributed by atoms with E-state index in [-0.39, 0.29) is 34.3 Å². The molecule has 0 radical (unpaired) electrons. The smallest absolute Gasteiger partial charge is 0.229 e. The van der Waals surface area contributed by atoms with Crippen LogP contribution in [0.2, 0.25) is 5.02 Å². The van der Waals surface area contributed by atoms with Crippen LogP contribution in [-0.2, 0) is 9.59 Å². The summed E-state index contributed by atoms with van der Waals surface area (Å²) in [6, 6.07) is 10.7. The van der Waals surface area contributed by atoms with Gasteiger partial charge in [0.1, 0.15) is 11.6 Å². The van der Waals surface area contributed by atoms with E-state index >= 15 is 0 Å². The van der Waals surface area contributed by atoms with Gasteiger partial charge in [0, 0.05) is 30.2 Å². The highest BCUT2D eigenvalue weighted by molar-refractivity contribution is 6.30. The molecule has 1 saturated heterocycles. The van der Waals surface area contributed by atoms with Crippen molar-refractivity contribution in [1.82, 2.24) is 10.6 Å². The number of hydrogen-bond donors (Lipinski definition) is 4. The van der Waals surface area contributed by atoms with Gasteiger partial charge in [-0.3, -0.25) is 9.59 Å². The molecule has 4 N–H and O–H groups in total. The summed E-state index contributed by atoms with van der Waals surface area (Å²) in [6.07, 6.45) is 2.80. The summed E-state index contributed by atoms with van der Waals surface area (Å²) in [5.41, 5.74) is 0.268. The summed E-state index contributed by atoms with van der Waals surface area (Å²) in [6.45, 7) is 8.55. The first-order valence-corrected chi connectivity index (χ1v) is 12.8. The molecule has 1 heterocycles. The summed E-state index contributed by atoms with van der Waals surface area (Å²) in [5.74, 6) is -2.04. The number of amides is 2. The van der Waals surface area contributed by atoms with Gasteiger partial charge in [0.15, 0.2) is 0 Å².